The maximum atomic E-state index is 7.92. The fraction of sp³-hybridized carbons (Fsp3) is 0.0556. The van der Waals surface area contributed by atoms with Crippen LogP contribution in [0.1, 0.15) is 11.1 Å². The molecular formula is C90H66N4O2Si. The molecule has 2 aliphatic heterocycles. The Morgan fingerprint density at radius 2 is 1.03 bits per heavy atom. The van der Waals surface area contributed by atoms with Crippen LogP contribution in [0, 0.1) is 0 Å². The largest absolute Gasteiger partial charge is 0.455 e. The monoisotopic (exact) mass is 1260 g/mol. The van der Waals surface area contributed by atoms with Crippen molar-refractivity contribution in [3.05, 3.63) is 333 Å². The van der Waals surface area contributed by atoms with Gasteiger partial charge in [0.05, 0.1) is 41.9 Å². The summed E-state index contributed by atoms with van der Waals surface area (Å²) in [6, 6.07) is 99.7. The van der Waals surface area contributed by atoms with Crippen LogP contribution in [0.4, 0.5) is 34.1 Å². The summed E-state index contributed by atoms with van der Waals surface area (Å²) in [5.74, 6) is 0. The second-order valence-electron chi connectivity index (χ2n) is 26.5. The quantitative estimate of drug-likeness (QED) is 0.0693. The number of hydrogen-bond donors (Lipinski definition) is 0. The van der Waals surface area contributed by atoms with E-state index in [-0.39, 0.29) is 0 Å². The van der Waals surface area contributed by atoms with E-state index in [2.05, 4.69) is 350 Å². The second-order valence-corrected chi connectivity index (χ2v) is 31.6. The fourth-order valence-corrected chi connectivity index (χ4v) is 16.0. The first-order valence-electron chi connectivity index (χ1n) is 33.5. The van der Waals surface area contributed by atoms with Gasteiger partial charge in [0.2, 0.25) is 0 Å². The lowest BCUT2D eigenvalue weighted by Crippen LogP contribution is -2.37. The number of allylic oxidation sites excluding steroid dienone is 4. The van der Waals surface area contributed by atoms with Gasteiger partial charge in [0.1, 0.15) is 22.3 Å². The molecule has 2 aliphatic rings. The summed E-state index contributed by atoms with van der Waals surface area (Å²) >= 11 is 0. The van der Waals surface area contributed by atoms with Crippen LogP contribution in [0.2, 0.25) is 19.6 Å². The number of benzene rings is 14. The zero-order valence-electron chi connectivity index (χ0n) is 54.1. The van der Waals surface area contributed by atoms with E-state index in [0.29, 0.717) is 6.54 Å². The van der Waals surface area contributed by atoms with E-state index >= 15 is 0 Å². The van der Waals surface area contributed by atoms with Gasteiger partial charge in [-0.3, -0.25) is 0 Å². The van der Waals surface area contributed by atoms with Gasteiger partial charge in [-0.05, 0) is 128 Å². The highest BCUT2D eigenvalue weighted by Crippen LogP contribution is 2.56. The Bertz CT molecular complexity index is 5980. The molecule has 0 N–H and O–H groups in total. The third kappa shape index (κ3) is 10.0. The molecule has 0 saturated carbocycles. The molecule has 7 heteroatoms. The van der Waals surface area contributed by atoms with Gasteiger partial charge in [0.15, 0.2) is 0 Å². The summed E-state index contributed by atoms with van der Waals surface area (Å²) in [7, 11) is -1.95. The first kappa shape index (κ1) is 57.6. The molecule has 0 radical (unpaired) electrons. The van der Waals surface area contributed by atoms with Crippen LogP contribution < -0.4 is 19.9 Å². The molecule has 18 rings (SSSR count). The van der Waals surface area contributed by atoms with Gasteiger partial charge in [0.25, 0.3) is 0 Å². The number of hydrogen-bond acceptors (Lipinski definition) is 6. The lowest BCUT2D eigenvalue weighted by molar-refractivity contribution is 0.668. The highest BCUT2D eigenvalue weighted by molar-refractivity contribution is 6.88. The van der Waals surface area contributed by atoms with Crippen molar-refractivity contribution < 1.29 is 8.83 Å². The van der Waals surface area contributed by atoms with Gasteiger partial charge in [0, 0.05) is 97.3 Å². The number of furan rings is 2. The first-order valence-corrected chi connectivity index (χ1v) is 37.0. The van der Waals surface area contributed by atoms with E-state index in [1.165, 1.54) is 21.7 Å². The van der Waals surface area contributed by atoms with Gasteiger partial charge >= 0.3 is 0 Å². The van der Waals surface area contributed by atoms with Crippen LogP contribution in [-0.4, -0.2) is 26.9 Å². The Hall–Kier alpha value is -12.0. The first-order chi connectivity index (χ1) is 47.7. The van der Waals surface area contributed by atoms with Crippen molar-refractivity contribution in [2.24, 2.45) is 4.99 Å². The molecule has 14 aromatic carbocycles. The minimum atomic E-state index is -1.95. The molecule has 0 spiro atoms. The van der Waals surface area contributed by atoms with Crippen LogP contribution in [-0.2, 0) is 0 Å². The smallest absolute Gasteiger partial charge is 0.146 e. The van der Waals surface area contributed by atoms with Crippen LogP contribution >= 0.6 is 0 Å². The summed E-state index contributed by atoms with van der Waals surface area (Å²) in [6.45, 7) is 8.69. The molecule has 0 unspecified atom stereocenters. The van der Waals surface area contributed by atoms with E-state index < -0.39 is 8.07 Å². The molecule has 462 valence electrons. The zero-order valence-corrected chi connectivity index (χ0v) is 55.1. The lowest BCUT2D eigenvalue weighted by atomic mass is 9.85. The van der Waals surface area contributed by atoms with Crippen molar-refractivity contribution >= 4 is 140 Å². The van der Waals surface area contributed by atoms with Crippen molar-refractivity contribution in [3.8, 4) is 33.4 Å². The van der Waals surface area contributed by atoms with E-state index in [0.717, 1.165) is 161 Å². The van der Waals surface area contributed by atoms with Gasteiger partial charge in [-0.25, -0.2) is 4.99 Å². The Kier molecular flexibility index (Phi) is 13.9. The average molecular weight is 1260 g/mol. The van der Waals surface area contributed by atoms with Crippen molar-refractivity contribution in [3.63, 3.8) is 0 Å². The highest BCUT2D eigenvalue weighted by Gasteiger charge is 2.33. The van der Waals surface area contributed by atoms with Crippen LogP contribution in [0.3, 0.4) is 0 Å². The summed E-state index contributed by atoms with van der Waals surface area (Å²) in [6.07, 6.45) is 17.4. The molecular weight excluding hydrogens is 1200 g/mol. The summed E-state index contributed by atoms with van der Waals surface area (Å²) in [5, 5.41) is 14.1. The van der Waals surface area contributed by atoms with Crippen LogP contribution in [0.5, 0.6) is 0 Å². The lowest BCUT2D eigenvalue weighted by Gasteiger charge is -2.31. The minimum absolute atomic E-state index is 0.625. The van der Waals surface area contributed by atoms with Crippen molar-refractivity contribution in [1.29, 1.82) is 0 Å². The van der Waals surface area contributed by atoms with Gasteiger partial charge in [-0.15, -0.1) is 0 Å². The van der Waals surface area contributed by atoms with Crippen molar-refractivity contribution in [1.82, 2.24) is 0 Å². The summed E-state index contributed by atoms with van der Waals surface area (Å²) in [5.41, 5.74) is 18.6. The molecule has 0 saturated heterocycles. The standard InChI is InChI=1S/C90H66N4O2Si/c1-97(2,3)71-45-48-80-74(56-71)83-79(94(70-43-41-61-29-18-19-32-65(61)54-70)78-36-24-33-67-53-66(42-46-72(67)78)60-27-12-5-13-28-60)58-75-82(63-39-37-62(38-40-63)59-25-10-4-11-26-59)88(93-51-22-9-23-52-93)76-57-77(87(64-30-14-6-15-31-64)91-68-34-16-7-17-35-68)89-85(84(76)86(75)90(83)95-80)73-47-44-69(55-81(73)96-89)92-49-20-8-21-50-92/h4-49,51,53-58H,50,52H2,1-3H3/b91-87-. The van der Waals surface area contributed by atoms with Gasteiger partial charge < -0.3 is 23.5 Å². The predicted octanol–water partition coefficient (Wildman–Crippen LogP) is 24.1. The number of nitrogens with zero attached hydrogens (tertiary/aromatic N) is 4. The molecule has 97 heavy (non-hydrogen) atoms. The molecule has 4 heterocycles. The van der Waals surface area contributed by atoms with Crippen molar-refractivity contribution in [2.75, 3.05) is 27.8 Å². The van der Waals surface area contributed by atoms with Gasteiger partial charge in [-0.1, -0.05) is 249 Å². The van der Waals surface area contributed by atoms with E-state index in [1.54, 1.807) is 0 Å². The molecule has 0 amide bonds. The van der Waals surface area contributed by atoms with E-state index in [1.807, 2.05) is 6.07 Å². The number of fused-ring (bicyclic) bond motifs is 13. The average Bonchev–Trinajstić information content (AvgIpc) is 1.65. The van der Waals surface area contributed by atoms with Crippen LogP contribution in [0.15, 0.2) is 336 Å². The number of aliphatic imine (C=N–C) groups is 1. The fourth-order valence-electron chi connectivity index (χ4n) is 14.9. The SMILES string of the molecule is C[Si](C)(C)c1ccc2oc3c(c(N(c4ccc5ccccc5c4)c4cccc5cc(-c6ccccc6)ccc45)cc4c(-c5ccc(-c6ccccc6)cc5)c(N5C=CC=CC5)c5cc(/C(=N\c6ccccc6)c6ccccc6)c6oc7cc(N8C=CC=CC8)ccc7c6c5c43)c2c1. The molecule has 2 aromatic heterocycles. The molecule has 0 atom stereocenters. The number of rotatable bonds is 12. The topological polar surface area (TPSA) is 48.4 Å². The Balaban J connectivity index is 1.07. The summed E-state index contributed by atoms with van der Waals surface area (Å²) in [4.78, 5) is 12.9. The normalized spacial score (nSPS) is 13.5. The zero-order chi connectivity index (χ0) is 64.7. The Labute approximate surface area is 564 Å². The molecule has 16 aromatic rings. The maximum Gasteiger partial charge on any atom is 0.146 e. The minimum Gasteiger partial charge on any atom is -0.455 e. The van der Waals surface area contributed by atoms with Crippen molar-refractivity contribution in [2.45, 2.75) is 19.6 Å². The number of para-hydroxylation sites is 1. The van der Waals surface area contributed by atoms with E-state index in [4.69, 9.17) is 13.8 Å². The third-order valence-electron chi connectivity index (χ3n) is 19.6. The Morgan fingerprint density at radius 3 is 1.76 bits per heavy atom. The molecule has 0 fully saturated rings. The highest BCUT2D eigenvalue weighted by atomic mass is 28.3. The van der Waals surface area contributed by atoms with Crippen LogP contribution in [0.25, 0.3) is 120 Å². The third-order valence-corrected chi connectivity index (χ3v) is 21.6. The summed E-state index contributed by atoms with van der Waals surface area (Å²) < 4.78 is 15.6. The molecule has 0 aliphatic carbocycles. The van der Waals surface area contributed by atoms with Gasteiger partial charge in [-0.2, -0.15) is 0 Å². The second kappa shape index (κ2) is 23.5. The maximum absolute atomic E-state index is 7.92. The predicted molar refractivity (Wildman–Crippen MR) is 414 cm³/mol. The number of anilines is 5. The Morgan fingerprint density at radius 1 is 0.402 bits per heavy atom. The molecule has 6 nitrogen and oxygen atoms in total. The molecule has 0 bridgehead atoms. The van der Waals surface area contributed by atoms with E-state index in [9.17, 15) is 0 Å².